The minimum atomic E-state index is -0.542. The number of anilines is 2. The summed E-state index contributed by atoms with van der Waals surface area (Å²) in [5.41, 5.74) is 2.65. The van der Waals surface area contributed by atoms with E-state index < -0.39 is 11.7 Å². The van der Waals surface area contributed by atoms with Crippen molar-refractivity contribution in [2.75, 3.05) is 50.1 Å². The van der Waals surface area contributed by atoms with Crippen molar-refractivity contribution in [3.8, 4) is 5.75 Å². The van der Waals surface area contributed by atoms with E-state index in [2.05, 4.69) is 27.2 Å². The zero-order chi connectivity index (χ0) is 22.5. The number of benzene rings is 2. The molecule has 1 saturated heterocycles. The van der Waals surface area contributed by atoms with E-state index >= 15 is 0 Å². The summed E-state index contributed by atoms with van der Waals surface area (Å²) >= 11 is 0. The molecule has 8 nitrogen and oxygen atoms in total. The molecule has 168 valence electrons. The summed E-state index contributed by atoms with van der Waals surface area (Å²) < 4.78 is 15.5. The van der Waals surface area contributed by atoms with Gasteiger partial charge in [-0.2, -0.15) is 0 Å². The molecule has 1 N–H and O–H groups in total. The summed E-state index contributed by atoms with van der Waals surface area (Å²) in [7, 11) is 1.67. The molecule has 1 aliphatic rings. The highest BCUT2D eigenvalue weighted by Gasteiger charge is 2.19. The Morgan fingerprint density at radius 3 is 2.50 bits per heavy atom. The van der Waals surface area contributed by atoms with Crippen molar-refractivity contribution in [2.45, 2.75) is 13.5 Å². The Bertz CT molecular complexity index is 1130. The van der Waals surface area contributed by atoms with Crippen LogP contribution >= 0.6 is 0 Å². The zero-order valence-electron chi connectivity index (χ0n) is 18.3. The second-order valence-electron chi connectivity index (χ2n) is 7.61. The molecule has 1 aliphatic heterocycles. The monoisotopic (exact) mass is 437 g/mol. The van der Waals surface area contributed by atoms with Crippen LogP contribution < -0.4 is 20.6 Å². The minimum absolute atomic E-state index is 0.282. The highest BCUT2D eigenvalue weighted by molar-refractivity contribution is 5.89. The lowest BCUT2D eigenvalue weighted by molar-refractivity contribution is 0.168. The molecule has 1 amide bonds. The minimum Gasteiger partial charge on any atom is -0.497 e. The molecule has 32 heavy (non-hydrogen) atoms. The number of nitrogens with one attached hydrogen (secondary N) is 1. The van der Waals surface area contributed by atoms with E-state index in [0.717, 1.165) is 42.9 Å². The molecule has 4 rings (SSSR count). The summed E-state index contributed by atoms with van der Waals surface area (Å²) in [5, 5.41) is 3.49. The number of hydrogen-bond donors (Lipinski definition) is 1. The maximum atomic E-state index is 12.2. The van der Waals surface area contributed by atoms with Gasteiger partial charge in [0.2, 0.25) is 0 Å². The maximum Gasteiger partial charge on any atom is 0.411 e. The van der Waals surface area contributed by atoms with Gasteiger partial charge in [0.25, 0.3) is 0 Å². The highest BCUT2D eigenvalue weighted by atomic mass is 16.5. The molecule has 2 aromatic carbocycles. The van der Waals surface area contributed by atoms with Gasteiger partial charge in [0.1, 0.15) is 11.3 Å². The normalized spacial score (nSPS) is 14.4. The smallest absolute Gasteiger partial charge is 0.411 e. The van der Waals surface area contributed by atoms with Crippen LogP contribution in [0.2, 0.25) is 0 Å². The molecule has 0 radical (unpaired) electrons. The van der Waals surface area contributed by atoms with Gasteiger partial charge >= 0.3 is 11.7 Å². The quantitative estimate of drug-likeness (QED) is 0.589. The van der Waals surface area contributed by atoms with E-state index in [4.69, 9.17) is 13.9 Å². The van der Waals surface area contributed by atoms with E-state index in [0.29, 0.717) is 17.8 Å². The van der Waals surface area contributed by atoms with E-state index in [-0.39, 0.29) is 6.61 Å². The largest absolute Gasteiger partial charge is 0.497 e. The number of rotatable bonds is 6. The Labute approximate surface area is 186 Å². The molecule has 0 bridgehead atoms. The van der Waals surface area contributed by atoms with Gasteiger partial charge in [0, 0.05) is 61.6 Å². The van der Waals surface area contributed by atoms with Gasteiger partial charge in [-0.25, -0.2) is 9.59 Å². The number of hydrogen-bond acceptors (Lipinski definition) is 7. The summed E-state index contributed by atoms with van der Waals surface area (Å²) in [6.45, 7) is 6.25. The van der Waals surface area contributed by atoms with Gasteiger partial charge in [-0.15, -0.1) is 0 Å². The van der Waals surface area contributed by atoms with Crippen LogP contribution in [0, 0.1) is 0 Å². The van der Waals surface area contributed by atoms with Crippen LogP contribution in [0.4, 0.5) is 16.2 Å². The molecule has 0 saturated carbocycles. The second kappa shape index (κ2) is 9.74. The molecule has 0 aliphatic carbocycles. The molecule has 0 atom stereocenters. The van der Waals surface area contributed by atoms with Gasteiger partial charge in [-0.1, -0.05) is 0 Å². The maximum absolute atomic E-state index is 12.2. The number of fused-ring (bicyclic) bond motifs is 1. The fraction of sp³-hybridized carbons (Fsp3) is 0.333. The topological polar surface area (TPSA) is 84.3 Å². The molecular formula is C24H27N3O5. The lowest BCUT2D eigenvalue weighted by Crippen LogP contribution is -2.46. The number of ether oxygens (including phenoxy) is 2. The first-order valence-corrected chi connectivity index (χ1v) is 10.7. The highest BCUT2D eigenvalue weighted by Crippen LogP contribution is 2.24. The summed E-state index contributed by atoms with van der Waals surface area (Å²) in [6, 6.07) is 14.9. The first kappa shape index (κ1) is 21.7. The summed E-state index contributed by atoms with van der Waals surface area (Å²) in [4.78, 5) is 28.5. The third-order valence-electron chi connectivity index (χ3n) is 5.56. The van der Waals surface area contributed by atoms with Crippen LogP contribution in [0.3, 0.4) is 0 Å². The van der Waals surface area contributed by atoms with Crippen LogP contribution in [-0.4, -0.2) is 50.9 Å². The van der Waals surface area contributed by atoms with Crippen molar-refractivity contribution in [1.29, 1.82) is 0 Å². The van der Waals surface area contributed by atoms with Crippen LogP contribution in [0.5, 0.6) is 5.75 Å². The average molecular weight is 437 g/mol. The van der Waals surface area contributed by atoms with E-state index in [9.17, 15) is 9.59 Å². The Hall–Kier alpha value is -3.52. The van der Waals surface area contributed by atoms with Gasteiger partial charge < -0.3 is 18.8 Å². The van der Waals surface area contributed by atoms with E-state index in [1.165, 1.54) is 5.69 Å². The lowest BCUT2D eigenvalue weighted by Gasteiger charge is -2.36. The van der Waals surface area contributed by atoms with Crippen LogP contribution in [-0.2, 0) is 11.3 Å². The van der Waals surface area contributed by atoms with Crippen LogP contribution in [0.1, 0.15) is 12.5 Å². The van der Waals surface area contributed by atoms with E-state index in [1.807, 2.05) is 18.2 Å². The SMILES string of the molecule is CCOC(=O)Nc1ccc2c(CN3CCN(c4ccc(OC)cc4)CC3)cc(=O)oc2c1. The summed E-state index contributed by atoms with van der Waals surface area (Å²) in [6.07, 6.45) is -0.542. The Kier molecular flexibility index (Phi) is 6.61. The molecular weight excluding hydrogens is 410 g/mol. The molecule has 1 aromatic heterocycles. The third kappa shape index (κ3) is 5.03. The Morgan fingerprint density at radius 2 is 1.81 bits per heavy atom. The fourth-order valence-corrected chi connectivity index (χ4v) is 3.92. The van der Waals surface area contributed by atoms with Gasteiger partial charge in [0.05, 0.1) is 13.7 Å². The van der Waals surface area contributed by atoms with Crippen molar-refractivity contribution in [3.05, 3.63) is 64.5 Å². The second-order valence-corrected chi connectivity index (χ2v) is 7.61. The van der Waals surface area contributed by atoms with Gasteiger partial charge in [0.15, 0.2) is 0 Å². The molecule has 0 spiro atoms. The number of carbonyl (C=O) groups is 1. The first-order valence-electron chi connectivity index (χ1n) is 10.7. The third-order valence-corrected chi connectivity index (χ3v) is 5.56. The number of nitrogens with zero attached hydrogens (tertiary/aromatic N) is 2. The fourth-order valence-electron chi connectivity index (χ4n) is 3.92. The number of carbonyl (C=O) groups excluding carboxylic acids is 1. The van der Waals surface area contributed by atoms with E-state index in [1.54, 1.807) is 32.2 Å². The van der Waals surface area contributed by atoms with Gasteiger partial charge in [-0.3, -0.25) is 10.2 Å². The number of piperazine rings is 1. The number of amides is 1. The zero-order valence-corrected chi connectivity index (χ0v) is 18.3. The molecule has 3 aromatic rings. The Morgan fingerprint density at radius 1 is 1.06 bits per heavy atom. The Balaban J connectivity index is 1.44. The van der Waals surface area contributed by atoms with Crippen LogP contribution in [0.15, 0.2) is 57.7 Å². The molecule has 1 fully saturated rings. The van der Waals surface area contributed by atoms with Gasteiger partial charge in [-0.05, 0) is 48.9 Å². The predicted octanol–water partition coefficient (Wildman–Crippen LogP) is 3.69. The van der Waals surface area contributed by atoms with Crippen molar-refractivity contribution < 1.29 is 18.7 Å². The summed E-state index contributed by atoms with van der Waals surface area (Å²) in [5.74, 6) is 0.850. The van der Waals surface area contributed by atoms with Crippen molar-refractivity contribution >= 4 is 28.4 Å². The van der Waals surface area contributed by atoms with Crippen molar-refractivity contribution in [2.24, 2.45) is 0 Å². The predicted molar refractivity (Wildman–Crippen MR) is 124 cm³/mol. The van der Waals surface area contributed by atoms with Crippen molar-refractivity contribution in [3.63, 3.8) is 0 Å². The standard InChI is InChI=1S/C24H27N3O5/c1-3-31-24(29)25-18-4-9-21-17(14-23(28)32-22(21)15-18)16-26-10-12-27(13-11-26)19-5-7-20(30-2)8-6-19/h4-9,14-15H,3,10-13,16H2,1-2H3,(H,25,29). The average Bonchev–Trinajstić information content (AvgIpc) is 2.79. The lowest BCUT2D eigenvalue weighted by atomic mass is 10.1. The molecule has 2 heterocycles. The van der Waals surface area contributed by atoms with Crippen molar-refractivity contribution in [1.82, 2.24) is 4.90 Å². The van der Waals surface area contributed by atoms with Crippen LogP contribution in [0.25, 0.3) is 11.0 Å². The number of methoxy groups -OCH3 is 1. The molecule has 8 heteroatoms. The molecule has 0 unspecified atom stereocenters. The first-order chi connectivity index (χ1) is 15.6.